The summed E-state index contributed by atoms with van der Waals surface area (Å²) in [4.78, 5) is 5.43. The van der Waals surface area contributed by atoms with E-state index >= 15 is 0 Å². The highest BCUT2D eigenvalue weighted by molar-refractivity contribution is 5.56. The first-order chi connectivity index (χ1) is 10.4. The van der Waals surface area contributed by atoms with Gasteiger partial charge in [-0.3, -0.25) is 9.80 Å². The Balaban J connectivity index is 1.29. The Morgan fingerprint density at radius 1 is 1.05 bits per heavy atom. The molecule has 0 bridgehead atoms. The molecular weight excluding hydrogens is 258 g/mol. The Hall–Kier alpha value is -1.06. The summed E-state index contributed by atoms with van der Waals surface area (Å²) in [6.07, 6.45) is 6.84. The quantitative estimate of drug-likeness (QED) is 0.921. The molecule has 4 rings (SSSR count). The molecule has 21 heavy (non-hydrogen) atoms. The van der Waals surface area contributed by atoms with Crippen LogP contribution in [0.5, 0.6) is 0 Å². The molecule has 0 radical (unpaired) electrons. The second-order valence-corrected chi connectivity index (χ2v) is 7.00. The zero-order valence-electron chi connectivity index (χ0n) is 12.9. The Labute approximate surface area is 128 Å². The molecule has 0 amide bonds. The molecule has 1 aromatic rings. The first-order valence-corrected chi connectivity index (χ1v) is 8.69. The Morgan fingerprint density at radius 2 is 1.90 bits per heavy atom. The van der Waals surface area contributed by atoms with Crippen LogP contribution in [0, 0.1) is 0 Å². The number of nitrogens with one attached hydrogen (secondary N) is 1. The van der Waals surface area contributed by atoms with Gasteiger partial charge in [0.2, 0.25) is 0 Å². The van der Waals surface area contributed by atoms with Crippen LogP contribution in [-0.2, 0) is 6.42 Å². The van der Waals surface area contributed by atoms with Crippen LogP contribution in [-0.4, -0.2) is 54.6 Å². The molecule has 2 saturated heterocycles. The number of piperidine rings is 1. The van der Waals surface area contributed by atoms with Gasteiger partial charge in [-0.15, -0.1) is 0 Å². The molecule has 114 valence electrons. The average Bonchev–Trinajstić information content (AvgIpc) is 3.14. The van der Waals surface area contributed by atoms with Crippen LogP contribution in [0.1, 0.15) is 31.2 Å². The molecule has 0 spiro atoms. The fourth-order valence-corrected chi connectivity index (χ4v) is 4.36. The van der Waals surface area contributed by atoms with Crippen molar-refractivity contribution >= 4 is 5.69 Å². The van der Waals surface area contributed by atoms with Crippen molar-refractivity contribution in [2.75, 3.05) is 38.0 Å². The largest absolute Gasteiger partial charge is 0.380 e. The highest BCUT2D eigenvalue weighted by Gasteiger charge is 2.30. The smallest absolute Gasteiger partial charge is 0.0429 e. The van der Waals surface area contributed by atoms with E-state index in [-0.39, 0.29) is 0 Å². The predicted octanol–water partition coefficient (Wildman–Crippen LogP) is 2.58. The summed E-state index contributed by atoms with van der Waals surface area (Å²) in [6, 6.07) is 10.2. The molecule has 0 saturated carbocycles. The second kappa shape index (κ2) is 5.98. The Morgan fingerprint density at radius 3 is 2.76 bits per heavy atom. The number of likely N-dealkylation sites (tertiary alicyclic amines) is 2. The van der Waals surface area contributed by atoms with Crippen molar-refractivity contribution < 1.29 is 0 Å². The zero-order valence-corrected chi connectivity index (χ0v) is 12.9. The van der Waals surface area contributed by atoms with Crippen molar-refractivity contribution in [1.29, 1.82) is 0 Å². The molecule has 1 N–H and O–H groups in total. The highest BCUT2D eigenvalue weighted by Crippen LogP contribution is 2.27. The molecule has 3 aliphatic rings. The molecule has 1 aromatic carbocycles. The van der Waals surface area contributed by atoms with E-state index in [0.717, 1.165) is 6.04 Å². The standard InChI is InChI=1S/C18H27N3/c1-4-9-21(10-5-1)17-8-11-20(14-17)13-16-12-15-6-2-3-7-18(15)19-16/h2-3,6-7,16-17,19H,1,4-5,8-14H2. The number of fused-ring (bicyclic) bond motifs is 1. The minimum absolute atomic E-state index is 0.613. The summed E-state index contributed by atoms with van der Waals surface area (Å²) in [5, 5.41) is 3.70. The summed E-state index contributed by atoms with van der Waals surface area (Å²) in [6.45, 7) is 6.46. The van der Waals surface area contributed by atoms with Gasteiger partial charge in [0.1, 0.15) is 0 Å². The summed E-state index contributed by atoms with van der Waals surface area (Å²) >= 11 is 0. The number of nitrogens with zero attached hydrogens (tertiary/aromatic N) is 2. The highest BCUT2D eigenvalue weighted by atomic mass is 15.3. The van der Waals surface area contributed by atoms with E-state index < -0.39 is 0 Å². The van der Waals surface area contributed by atoms with E-state index in [2.05, 4.69) is 39.4 Å². The number of anilines is 1. The third-order valence-electron chi connectivity index (χ3n) is 5.48. The molecular formula is C18H27N3. The van der Waals surface area contributed by atoms with Gasteiger partial charge in [-0.2, -0.15) is 0 Å². The van der Waals surface area contributed by atoms with Crippen molar-refractivity contribution in [3.05, 3.63) is 29.8 Å². The summed E-state index contributed by atoms with van der Waals surface area (Å²) in [5.41, 5.74) is 2.85. The predicted molar refractivity (Wildman–Crippen MR) is 87.8 cm³/mol. The Kier molecular flexibility index (Phi) is 3.87. The van der Waals surface area contributed by atoms with Crippen LogP contribution in [0.3, 0.4) is 0 Å². The van der Waals surface area contributed by atoms with Gasteiger partial charge in [0, 0.05) is 30.9 Å². The molecule has 3 heterocycles. The van der Waals surface area contributed by atoms with Crippen LogP contribution in [0.4, 0.5) is 5.69 Å². The van der Waals surface area contributed by atoms with Crippen molar-refractivity contribution in [2.45, 2.75) is 44.2 Å². The maximum absolute atomic E-state index is 3.70. The van der Waals surface area contributed by atoms with E-state index in [1.807, 2.05) is 0 Å². The molecule has 2 unspecified atom stereocenters. The molecule has 3 heteroatoms. The number of rotatable bonds is 3. The molecule has 3 nitrogen and oxygen atoms in total. The number of hydrogen-bond acceptors (Lipinski definition) is 3. The lowest BCUT2D eigenvalue weighted by Gasteiger charge is -2.32. The molecule has 0 aliphatic carbocycles. The second-order valence-electron chi connectivity index (χ2n) is 7.00. The van der Waals surface area contributed by atoms with E-state index in [1.54, 1.807) is 0 Å². The third-order valence-corrected chi connectivity index (χ3v) is 5.48. The van der Waals surface area contributed by atoms with Crippen molar-refractivity contribution in [1.82, 2.24) is 9.80 Å². The van der Waals surface area contributed by atoms with Gasteiger partial charge in [-0.25, -0.2) is 0 Å². The fourth-order valence-electron chi connectivity index (χ4n) is 4.36. The van der Waals surface area contributed by atoms with Crippen molar-refractivity contribution in [3.8, 4) is 0 Å². The van der Waals surface area contributed by atoms with Crippen molar-refractivity contribution in [3.63, 3.8) is 0 Å². The van der Waals surface area contributed by atoms with E-state index in [9.17, 15) is 0 Å². The third kappa shape index (κ3) is 2.95. The van der Waals surface area contributed by atoms with Gasteiger partial charge in [-0.05, 0) is 56.9 Å². The van der Waals surface area contributed by atoms with Crippen LogP contribution in [0.25, 0.3) is 0 Å². The van der Waals surface area contributed by atoms with E-state index in [0.29, 0.717) is 6.04 Å². The first kappa shape index (κ1) is 13.6. The normalized spacial score (nSPS) is 30.3. The van der Waals surface area contributed by atoms with Crippen molar-refractivity contribution in [2.24, 2.45) is 0 Å². The summed E-state index contributed by atoms with van der Waals surface area (Å²) < 4.78 is 0. The van der Waals surface area contributed by atoms with Gasteiger partial charge in [-0.1, -0.05) is 24.6 Å². The molecule has 2 fully saturated rings. The van der Waals surface area contributed by atoms with Gasteiger partial charge >= 0.3 is 0 Å². The summed E-state index contributed by atoms with van der Waals surface area (Å²) in [5.74, 6) is 0. The minimum atomic E-state index is 0.613. The lowest BCUT2D eigenvalue weighted by Crippen LogP contribution is -2.42. The fraction of sp³-hybridized carbons (Fsp3) is 0.667. The van der Waals surface area contributed by atoms with Gasteiger partial charge in [0.05, 0.1) is 0 Å². The van der Waals surface area contributed by atoms with Crippen LogP contribution in [0.15, 0.2) is 24.3 Å². The molecule has 3 aliphatic heterocycles. The lowest BCUT2D eigenvalue weighted by molar-refractivity contribution is 0.161. The monoisotopic (exact) mass is 285 g/mol. The first-order valence-electron chi connectivity index (χ1n) is 8.69. The van der Waals surface area contributed by atoms with Gasteiger partial charge in [0.15, 0.2) is 0 Å². The van der Waals surface area contributed by atoms with E-state index in [4.69, 9.17) is 0 Å². The van der Waals surface area contributed by atoms with E-state index in [1.165, 1.54) is 76.1 Å². The van der Waals surface area contributed by atoms with Crippen LogP contribution >= 0.6 is 0 Å². The maximum atomic E-state index is 3.70. The van der Waals surface area contributed by atoms with Crippen LogP contribution in [0.2, 0.25) is 0 Å². The molecule has 0 aromatic heterocycles. The lowest BCUT2D eigenvalue weighted by atomic mass is 10.1. The average molecular weight is 285 g/mol. The number of hydrogen-bond donors (Lipinski definition) is 1. The topological polar surface area (TPSA) is 18.5 Å². The maximum Gasteiger partial charge on any atom is 0.0429 e. The number of benzene rings is 1. The number of para-hydroxylation sites is 1. The summed E-state index contributed by atoms with van der Waals surface area (Å²) in [7, 11) is 0. The molecule has 2 atom stereocenters. The zero-order chi connectivity index (χ0) is 14.1. The Bertz CT molecular complexity index is 456. The SMILES string of the molecule is c1ccc2c(c1)CC(CN1CCC(N3CCCCC3)C1)N2. The van der Waals surface area contributed by atoms with Gasteiger partial charge in [0.25, 0.3) is 0 Å². The van der Waals surface area contributed by atoms with Gasteiger partial charge < -0.3 is 5.32 Å². The van der Waals surface area contributed by atoms with Crippen LogP contribution < -0.4 is 5.32 Å². The minimum Gasteiger partial charge on any atom is -0.380 e.